The molecule has 0 spiro atoms. The normalized spacial score (nSPS) is 24.8. The molecule has 0 saturated carbocycles. The van der Waals surface area contributed by atoms with Crippen LogP contribution in [0.1, 0.15) is 25.3 Å². The molecule has 2 aromatic heterocycles. The Balaban J connectivity index is 1.11. The lowest BCUT2D eigenvalue weighted by atomic mass is 10.1. The molecule has 2 bridgehead atoms. The standard InChI is InChI=1S/C26H31N7O5S/c1-26(2)37-15-18(38-26)14-36-17-5-7-27-21(11-17)31-25(35)33-16-6-9-32(13-16)20-4-3-19(30-23(20)33)24(34)29-12-22-28-8-10-39-22/h3-5,7-8,10-11,16,18-19,30H,6,9,12-15H2,1-2H3,(H,29,34)(H,27,31,35)/t16-,18-,19?/m0/s1. The molecular weight excluding hydrogens is 522 g/mol. The lowest BCUT2D eigenvalue weighted by molar-refractivity contribution is -0.141. The zero-order chi connectivity index (χ0) is 27.0. The number of pyridine rings is 1. The predicted octanol–water partition coefficient (Wildman–Crippen LogP) is 2.00. The van der Waals surface area contributed by atoms with Crippen LogP contribution in [0.15, 0.2) is 53.6 Å². The summed E-state index contributed by atoms with van der Waals surface area (Å²) in [4.78, 5) is 39.0. The number of carbonyl (C=O) groups is 2. The van der Waals surface area contributed by atoms with Crippen LogP contribution >= 0.6 is 11.3 Å². The van der Waals surface area contributed by atoms with E-state index in [4.69, 9.17) is 14.2 Å². The maximum Gasteiger partial charge on any atom is 0.328 e. The maximum atomic E-state index is 13.6. The number of nitrogens with zero attached hydrogens (tertiary/aromatic N) is 4. The number of rotatable bonds is 7. The van der Waals surface area contributed by atoms with E-state index in [1.807, 2.05) is 31.4 Å². The Kier molecular flexibility index (Phi) is 6.87. The van der Waals surface area contributed by atoms with Gasteiger partial charge in [-0.1, -0.05) is 6.08 Å². The minimum Gasteiger partial charge on any atom is -0.491 e. The van der Waals surface area contributed by atoms with E-state index in [0.29, 0.717) is 37.1 Å². The van der Waals surface area contributed by atoms with Crippen molar-refractivity contribution in [1.82, 2.24) is 30.4 Å². The molecule has 12 nitrogen and oxygen atoms in total. The first-order valence-electron chi connectivity index (χ1n) is 13.0. The maximum absolute atomic E-state index is 13.6. The summed E-state index contributed by atoms with van der Waals surface area (Å²) in [6.45, 7) is 6.44. The summed E-state index contributed by atoms with van der Waals surface area (Å²) in [5.74, 6) is 0.745. The fraction of sp³-hybridized carbons (Fsp3) is 0.462. The molecule has 3 N–H and O–H groups in total. The van der Waals surface area contributed by atoms with Crippen molar-refractivity contribution in [2.75, 3.05) is 31.6 Å². The molecule has 3 amide bonds. The molecule has 0 radical (unpaired) electrons. The molecule has 4 aliphatic rings. The van der Waals surface area contributed by atoms with E-state index in [1.54, 1.807) is 29.4 Å². The first-order chi connectivity index (χ1) is 18.8. The van der Waals surface area contributed by atoms with Crippen LogP contribution < -0.4 is 20.7 Å². The fourth-order valence-corrected chi connectivity index (χ4v) is 5.70. The minimum atomic E-state index is -0.619. The number of ether oxygens (including phenoxy) is 3. The van der Waals surface area contributed by atoms with Crippen molar-refractivity contribution >= 4 is 29.1 Å². The summed E-state index contributed by atoms with van der Waals surface area (Å²) in [6.07, 6.45) is 7.70. The van der Waals surface area contributed by atoms with Crippen LogP contribution in [0.2, 0.25) is 0 Å². The largest absolute Gasteiger partial charge is 0.491 e. The van der Waals surface area contributed by atoms with Crippen molar-refractivity contribution in [3.05, 3.63) is 58.6 Å². The van der Waals surface area contributed by atoms with Gasteiger partial charge in [0.2, 0.25) is 5.91 Å². The van der Waals surface area contributed by atoms with Gasteiger partial charge in [-0.2, -0.15) is 0 Å². The molecule has 3 atom stereocenters. The van der Waals surface area contributed by atoms with Crippen LogP contribution in [0.5, 0.6) is 5.75 Å². The van der Waals surface area contributed by atoms with Crippen molar-refractivity contribution < 1.29 is 23.8 Å². The van der Waals surface area contributed by atoms with Gasteiger partial charge in [-0.05, 0) is 32.4 Å². The number of aromatic nitrogens is 2. The Morgan fingerprint density at radius 2 is 2.21 bits per heavy atom. The number of urea groups is 1. The summed E-state index contributed by atoms with van der Waals surface area (Å²) in [5, 5.41) is 11.8. The highest BCUT2D eigenvalue weighted by Crippen LogP contribution is 2.33. The minimum absolute atomic E-state index is 0.0240. The van der Waals surface area contributed by atoms with Gasteiger partial charge in [0.1, 0.15) is 41.1 Å². The Bertz CT molecular complexity index is 1300. The number of carbonyl (C=O) groups excluding carboxylic acids is 2. The Morgan fingerprint density at radius 1 is 1.31 bits per heavy atom. The molecule has 2 fully saturated rings. The van der Waals surface area contributed by atoms with Gasteiger partial charge in [0, 0.05) is 36.9 Å². The molecule has 4 aliphatic heterocycles. The van der Waals surface area contributed by atoms with Crippen LogP contribution in [-0.2, 0) is 20.8 Å². The number of anilines is 1. The third-order valence-electron chi connectivity index (χ3n) is 6.96. The number of hydrogen-bond donors (Lipinski definition) is 3. The van der Waals surface area contributed by atoms with Crippen LogP contribution in [-0.4, -0.2) is 82.0 Å². The third kappa shape index (κ3) is 5.56. The summed E-state index contributed by atoms with van der Waals surface area (Å²) in [6, 6.07) is 2.46. The molecule has 39 heavy (non-hydrogen) atoms. The number of hydrogen-bond acceptors (Lipinski definition) is 10. The van der Waals surface area contributed by atoms with E-state index in [-0.39, 0.29) is 24.1 Å². The molecule has 2 aromatic rings. The van der Waals surface area contributed by atoms with E-state index in [2.05, 4.69) is 30.8 Å². The van der Waals surface area contributed by atoms with Crippen LogP contribution in [0.4, 0.5) is 10.6 Å². The van der Waals surface area contributed by atoms with Crippen LogP contribution in [0, 0.1) is 0 Å². The predicted molar refractivity (Wildman–Crippen MR) is 143 cm³/mol. The molecule has 6 heterocycles. The van der Waals surface area contributed by atoms with Crippen LogP contribution in [0.3, 0.4) is 0 Å². The van der Waals surface area contributed by atoms with Gasteiger partial charge < -0.3 is 29.7 Å². The summed E-state index contributed by atoms with van der Waals surface area (Å²) < 4.78 is 17.3. The topological polar surface area (TPSA) is 130 Å². The van der Waals surface area contributed by atoms with Gasteiger partial charge in [-0.3, -0.25) is 15.0 Å². The van der Waals surface area contributed by atoms with Gasteiger partial charge in [-0.25, -0.2) is 14.8 Å². The highest BCUT2D eigenvalue weighted by atomic mass is 32.1. The molecule has 0 aliphatic carbocycles. The van der Waals surface area contributed by atoms with Gasteiger partial charge >= 0.3 is 6.03 Å². The van der Waals surface area contributed by atoms with Gasteiger partial charge in [-0.15, -0.1) is 11.3 Å². The van der Waals surface area contributed by atoms with Crippen molar-refractivity contribution in [3.8, 4) is 5.75 Å². The molecule has 0 aromatic carbocycles. The van der Waals surface area contributed by atoms with Gasteiger partial charge in [0.05, 0.1) is 24.9 Å². The Labute approximate surface area is 230 Å². The zero-order valence-electron chi connectivity index (χ0n) is 21.8. The molecule has 13 heteroatoms. The number of amides is 3. The van der Waals surface area contributed by atoms with E-state index < -0.39 is 11.8 Å². The Hall–Kier alpha value is -3.68. The lowest BCUT2D eigenvalue weighted by Gasteiger charge is -2.40. The highest BCUT2D eigenvalue weighted by Gasteiger charge is 2.42. The van der Waals surface area contributed by atoms with E-state index in [0.717, 1.165) is 30.2 Å². The SMILES string of the molecule is CC1(C)OC[C@H](COc2ccnc(NC(=O)N3C4=C(C=CC(C(=O)NCc5nccs5)N4)N4CC[C@H]3C4)c2)O1. The monoisotopic (exact) mass is 553 g/mol. The Morgan fingerprint density at radius 3 is 3.00 bits per heavy atom. The van der Waals surface area contributed by atoms with Gasteiger partial charge in [0.25, 0.3) is 0 Å². The van der Waals surface area contributed by atoms with E-state index >= 15 is 0 Å². The number of thiazole rings is 1. The molecule has 206 valence electrons. The van der Waals surface area contributed by atoms with E-state index in [9.17, 15) is 9.59 Å². The average molecular weight is 554 g/mol. The number of fused-ring (bicyclic) bond motifs is 3. The highest BCUT2D eigenvalue weighted by molar-refractivity contribution is 7.09. The van der Waals surface area contributed by atoms with Crippen molar-refractivity contribution in [2.45, 2.75) is 50.8 Å². The number of nitrogens with one attached hydrogen (secondary N) is 3. The summed E-state index contributed by atoms with van der Waals surface area (Å²) >= 11 is 1.49. The number of dihydropyridines is 1. The third-order valence-corrected chi connectivity index (χ3v) is 7.74. The summed E-state index contributed by atoms with van der Waals surface area (Å²) in [5.41, 5.74) is 0.898. The first kappa shape index (κ1) is 25.6. The second kappa shape index (κ2) is 10.5. The summed E-state index contributed by atoms with van der Waals surface area (Å²) in [7, 11) is 0. The smallest absolute Gasteiger partial charge is 0.328 e. The lowest BCUT2D eigenvalue weighted by Crippen LogP contribution is -2.55. The molecule has 1 unspecified atom stereocenters. The fourth-order valence-electron chi connectivity index (χ4n) is 5.14. The first-order valence-corrected chi connectivity index (χ1v) is 13.8. The zero-order valence-corrected chi connectivity index (χ0v) is 22.6. The second-order valence-electron chi connectivity index (χ2n) is 10.2. The number of allylic oxidation sites excluding steroid dienone is 1. The quantitative estimate of drug-likeness (QED) is 0.471. The van der Waals surface area contributed by atoms with E-state index in [1.165, 1.54) is 11.3 Å². The van der Waals surface area contributed by atoms with Crippen molar-refractivity contribution in [3.63, 3.8) is 0 Å². The van der Waals surface area contributed by atoms with Crippen LogP contribution in [0.25, 0.3) is 0 Å². The van der Waals surface area contributed by atoms with Gasteiger partial charge in [0.15, 0.2) is 5.79 Å². The van der Waals surface area contributed by atoms with Crippen molar-refractivity contribution in [1.29, 1.82) is 0 Å². The molecule has 6 rings (SSSR count). The molecule has 2 saturated heterocycles. The second-order valence-corrected chi connectivity index (χ2v) is 11.2. The van der Waals surface area contributed by atoms with Crippen molar-refractivity contribution in [2.24, 2.45) is 0 Å². The average Bonchev–Trinajstić information content (AvgIpc) is 3.67. The molecular formula is C26H31N7O5S.